The van der Waals surface area contributed by atoms with Gasteiger partial charge in [-0.05, 0) is 86.5 Å². The number of hydrogen-bond donors (Lipinski definition) is 20. The summed E-state index contributed by atoms with van der Waals surface area (Å²) in [6.07, 6.45) is -48.6. The van der Waals surface area contributed by atoms with Gasteiger partial charge in [-0.1, -0.05) is 19.9 Å². The van der Waals surface area contributed by atoms with Crippen molar-refractivity contribution < 1.29 is 164 Å². The lowest BCUT2D eigenvalue weighted by molar-refractivity contribution is -0.383. The molecule has 20 N–H and O–H groups in total. The molecule has 0 radical (unpaired) electrons. The van der Waals surface area contributed by atoms with Gasteiger partial charge in [-0.25, -0.2) is 0 Å². The molecule has 10 aliphatic rings. The van der Waals surface area contributed by atoms with Gasteiger partial charge in [0.1, 0.15) is 146 Å². The van der Waals surface area contributed by atoms with E-state index < -0.39 is 252 Å². The Morgan fingerprint density at radius 3 is 1.19 bits per heavy atom. The topological polar surface area (TPSA) is 532 Å². The van der Waals surface area contributed by atoms with Crippen LogP contribution >= 0.6 is 0 Å². The molecule has 6 saturated heterocycles. The van der Waals surface area contributed by atoms with Gasteiger partial charge >= 0.3 is 5.97 Å². The van der Waals surface area contributed by atoms with E-state index in [1.165, 1.54) is 0 Å². The molecule has 33 nitrogen and oxygen atoms in total. The molecule has 4 aliphatic carbocycles. The van der Waals surface area contributed by atoms with E-state index in [1.807, 2.05) is 0 Å². The van der Waals surface area contributed by atoms with Crippen molar-refractivity contribution in [2.45, 2.75) is 261 Å². The largest absolute Gasteiger partial charge is 0.432 e. The molecule has 6 aliphatic heterocycles. The maximum Gasteiger partial charge on any atom is 0.314 e. The van der Waals surface area contributed by atoms with Gasteiger partial charge in [0.2, 0.25) is 6.29 Å². The number of aliphatic hydroxyl groups is 20. The Bertz CT molecular complexity index is 2390. The Labute approximate surface area is 509 Å². The second kappa shape index (κ2) is 27.2. The van der Waals surface area contributed by atoms with E-state index >= 15 is 0 Å². The van der Waals surface area contributed by atoms with Crippen LogP contribution in [0.2, 0.25) is 0 Å². The Kier molecular flexibility index (Phi) is 21.4. The number of rotatable bonds is 18. The number of esters is 1. The Morgan fingerprint density at radius 1 is 0.427 bits per heavy atom. The first-order valence-electron chi connectivity index (χ1n) is 30.4. The van der Waals surface area contributed by atoms with E-state index in [4.69, 9.17) is 56.8 Å². The molecule has 0 aromatic rings. The Balaban J connectivity index is 0.755. The smallest absolute Gasteiger partial charge is 0.314 e. The van der Waals surface area contributed by atoms with E-state index in [0.717, 1.165) is 6.42 Å². The molecule has 2 bridgehead atoms. The molecule has 10 fully saturated rings. The zero-order valence-corrected chi connectivity index (χ0v) is 49.0. The second-order valence-corrected chi connectivity index (χ2v) is 26.4. The third-order valence-electron chi connectivity index (χ3n) is 21.3. The first-order chi connectivity index (χ1) is 42.1. The van der Waals surface area contributed by atoms with Crippen LogP contribution in [0.15, 0.2) is 12.2 Å². The summed E-state index contributed by atoms with van der Waals surface area (Å²) in [4.78, 5) is 14.7. The number of hydrogen-bond acceptors (Lipinski definition) is 33. The molecule has 0 unspecified atom stereocenters. The number of carbonyl (C=O) groups is 1. The molecule has 36 atom stereocenters. The van der Waals surface area contributed by atoms with Crippen LogP contribution in [-0.2, 0) is 61.6 Å². The lowest BCUT2D eigenvalue weighted by atomic mass is 9.41. The average molecular weight is 1290 g/mol. The van der Waals surface area contributed by atoms with E-state index in [1.54, 1.807) is 6.92 Å². The maximum absolute atomic E-state index is 14.7. The van der Waals surface area contributed by atoms with Crippen molar-refractivity contribution in [3.8, 4) is 0 Å². The molecule has 10 rings (SSSR count). The summed E-state index contributed by atoms with van der Waals surface area (Å²) in [5, 5.41) is 214. The Hall–Kier alpha value is -2.03. The van der Waals surface area contributed by atoms with Crippen LogP contribution in [0, 0.1) is 28.1 Å². The molecule has 0 amide bonds. The summed E-state index contributed by atoms with van der Waals surface area (Å²) in [6.45, 7) is 3.25. The molecule has 1 spiro atoms. The highest BCUT2D eigenvalue weighted by Gasteiger charge is 2.70. The maximum atomic E-state index is 14.7. The van der Waals surface area contributed by atoms with Crippen molar-refractivity contribution in [2.24, 2.45) is 28.1 Å². The van der Waals surface area contributed by atoms with E-state index in [2.05, 4.69) is 13.5 Å². The van der Waals surface area contributed by atoms with Crippen molar-refractivity contribution >= 4 is 5.97 Å². The summed E-state index contributed by atoms with van der Waals surface area (Å²) >= 11 is 0. The fraction of sp³-hybridized carbons (Fsp3) is 0.946. The highest BCUT2D eigenvalue weighted by atomic mass is 16.8. The van der Waals surface area contributed by atoms with Gasteiger partial charge in [0.15, 0.2) is 31.5 Å². The first kappa shape index (κ1) is 69.8. The van der Waals surface area contributed by atoms with Crippen LogP contribution in [0.1, 0.15) is 71.6 Å². The summed E-state index contributed by atoms with van der Waals surface area (Å²) in [5.41, 5.74) is -2.50. The zero-order chi connectivity index (χ0) is 64.7. The molecule has 0 aromatic heterocycles. The third-order valence-corrected chi connectivity index (χ3v) is 21.3. The van der Waals surface area contributed by atoms with Crippen LogP contribution in [-0.4, -0.2) is 338 Å². The summed E-state index contributed by atoms with van der Waals surface area (Å²) in [7, 11) is 0. The number of fused-ring (bicyclic) bond motifs is 3. The predicted octanol–water partition coefficient (Wildman–Crippen LogP) is -9.47. The van der Waals surface area contributed by atoms with Crippen LogP contribution < -0.4 is 0 Å². The normalized spacial score (nSPS) is 54.5. The average Bonchev–Trinajstić information content (AvgIpc) is 1.63. The van der Waals surface area contributed by atoms with Gasteiger partial charge in [-0.3, -0.25) is 4.79 Å². The van der Waals surface area contributed by atoms with Gasteiger partial charge in [0.25, 0.3) is 0 Å². The summed E-state index contributed by atoms with van der Waals surface area (Å²) < 4.78 is 69.8. The SMILES string of the molecule is C=C1C[C@@]23CC[C@H]4[C@@](C)(CCC[C@@]4(C)C(=O)O[C@@H]4O[C@H](CO)[C@@H](O[C@H]5O[C@H](CO)[C@@H](O[C@H]6O[C@H](CO)[C@@H](O)[C@H](O)[C@H]6O)[C@H](O)[C@H]5O)[C@H](O)[C@H]4O)[C@@H]2CC[C@]1(O[C@@H]1O[C@H](CO)[C@@H](O[C@H]2O[C@H](CO)[C@@H](O[C@H]4O[C@H](CO)[C@@H](O)[C@H](O)[C@H]4O)[C@H](O)[C@H]2O)[C@H](O)[C@H]1O)C3. The van der Waals surface area contributed by atoms with Crippen molar-refractivity contribution in [1.82, 2.24) is 0 Å². The Morgan fingerprint density at radius 2 is 0.775 bits per heavy atom. The monoisotopic (exact) mass is 1290 g/mol. The van der Waals surface area contributed by atoms with Gasteiger partial charge in [0, 0.05) is 0 Å². The number of aliphatic hydroxyl groups excluding tert-OH is 20. The molecule has 89 heavy (non-hydrogen) atoms. The zero-order valence-electron chi connectivity index (χ0n) is 49.0. The highest BCUT2D eigenvalue weighted by molar-refractivity contribution is 5.77. The number of carbonyl (C=O) groups excluding carboxylic acids is 1. The van der Waals surface area contributed by atoms with Crippen LogP contribution in [0.5, 0.6) is 0 Å². The van der Waals surface area contributed by atoms with Gasteiger partial charge in [0.05, 0.1) is 50.7 Å². The predicted molar refractivity (Wildman–Crippen MR) is 284 cm³/mol. The molecule has 0 aromatic carbocycles. The highest BCUT2D eigenvalue weighted by Crippen LogP contribution is 2.74. The molecule has 512 valence electrons. The lowest BCUT2D eigenvalue weighted by Crippen LogP contribution is -2.67. The van der Waals surface area contributed by atoms with Crippen LogP contribution in [0.4, 0.5) is 0 Å². The molecular formula is C56H90O33. The van der Waals surface area contributed by atoms with Gasteiger partial charge < -0.3 is 159 Å². The standard InChI is InChI=1S/C56H90O33/c1-19-11-55-9-5-26-53(2,7-4-8-54(26,3)52(77)88-50-40(75)34(69)44(24(16-61)82-50)86-48-38(73)32(67)42(22(14-59)80-48)84-46-36(71)30(65)28(63)20(12-57)78-46)27(55)6-10-56(19,18-55)89-51-41(76)35(70)45(25(17-62)83-51)87-49-39(74)33(68)43(23(15-60)81-49)85-47-37(72)31(66)29(64)21(13-58)79-47/h20-51,57-76H,1,4-18H2,2-3H3/t20-,21-,22-,23-,24-,25-,26+,27+,28-,29-,30+,31+,32-,33-,34-,35-,36-,37-,38-,39-,40-,41-,42-,43-,44-,45-,46-,47-,48-,49-,50+,51+,53-,54-,55-,56+/m1/s1. The molecule has 4 saturated carbocycles. The minimum atomic E-state index is -2.05. The van der Waals surface area contributed by atoms with Crippen molar-refractivity contribution in [3.05, 3.63) is 12.2 Å². The van der Waals surface area contributed by atoms with Crippen molar-refractivity contribution in [3.63, 3.8) is 0 Å². The van der Waals surface area contributed by atoms with Gasteiger partial charge in [-0.2, -0.15) is 0 Å². The van der Waals surface area contributed by atoms with E-state index in [0.29, 0.717) is 56.9 Å². The summed E-state index contributed by atoms with van der Waals surface area (Å²) in [5.74, 6) is -1.06. The van der Waals surface area contributed by atoms with Crippen molar-refractivity contribution in [2.75, 3.05) is 39.6 Å². The van der Waals surface area contributed by atoms with Gasteiger partial charge in [-0.15, -0.1) is 0 Å². The third kappa shape index (κ3) is 12.3. The fourth-order valence-electron chi connectivity index (χ4n) is 16.5. The summed E-state index contributed by atoms with van der Waals surface area (Å²) in [6, 6.07) is 0. The minimum absolute atomic E-state index is 0.0176. The lowest BCUT2D eigenvalue weighted by Gasteiger charge is -2.64. The molecule has 6 heterocycles. The minimum Gasteiger partial charge on any atom is -0.432 e. The number of ether oxygens (including phenoxy) is 12. The quantitative estimate of drug-likeness (QED) is 0.0344. The van der Waals surface area contributed by atoms with E-state index in [9.17, 15) is 107 Å². The second-order valence-electron chi connectivity index (χ2n) is 26.4. The van der Waals surface area contributed by atoms with Crippen molar-refractivity contribution in [1.29, 1.82) is 0 Å². The fourth-order valence-corrected chi connectivity index (χ4v) is 16.5. The first-order valence-corrected chi connectivity index (χ1v) is 30.4. The molecular weight excluding hydrogens is 1200 g/mol. The van der Waals surface area contributed by atoms with E-state index in [-0.39, 0.29) is 11.8 Å². The van der Waals surface area contributed by atoms with Crippen LogP contribution in [0.25, 0.3) is 0 Å². The van der Waals surface area contributed by atoms with Crippen LogP contribution in [0.3, 0.4) is 0 Å². The molecule has 33 heteroatoms.